The Bertz CT molecular complexity index is 963. The molecule has 0 fully saturated rings. The van der Waals surface area contributed by atoms with E-state index in [9.17, 15) is 14.7 Å². The summed E-state index contributed by atoms with van der Waals surface area (Å²) in [5, 5.41) is 12.8. The zero-order valence-corrected chi connectivity index (χ0v) is 16.0. The predicted molar refractivity (Wildman–Crippen MR) is 107 cm³/mol. The largest absolute Gasteiger partial charge is 0.489 e. The van der Waals surface area contributed by atoms with E-state index in [0.717, 1.165) is 16.5 Å². The highest BCUT2D eigenvalue weighted by Gasteiger charge is 2.23. The quantitative estimate of drug-likeness (QED) is 0.627. The molecule has 0 aliphatic rings. The van der Waals surface area contributed by atoms with Crippen LogP contribution in [0, 0.1) is 5.92 Å². The normalized spacial score (nSPS) is 12.1. The Hall–Kier alpha value is -3.28. The predicted octanol–water partition coefficient (Wildman–Crippen LogP) is 3.45. The molecule has 0 radical (unpaired) electrons. The van der Waals surface area contributed by atoms with E-state index in [-0.39, 0.29) is 18.4 Å². The van der Waals surface area contributed by atoms with Crippen molar-refractivity contribution in [3.05, 3.63) is 66.4 Å². The number of nitrogens with zero attached hydrogens (tertiary/aromatic N) is 1. The molecule has 6 heteroatoms. The summed E-state index contributed by atoms with van der Waals surface area (Å²) in [6, 6.07) is 16.6. The van der Waals surface area contributed by atoms with E-state index in [1.165, 1.54) is 0 Å². The monoisotopic (exact) mass is 380 g/mol. The van der Waals surface area contributed by atoms with Crippen LogP contribution in [0.5, 0.6) is 5.75 Å². The number of fused-ring (bicyclic) bond motifs is 1. The third-order valence-corrected chi connectivity index (χ3v) is 4.56. The van der Waals surface area contributed by atoms with Crippen molar-refractivity contribution in [2.75, 3.05) is 0 Å². The second-order valence-corrected chi connectivity index (χ2v) is 7.07. The molecule has 0 saturated carbocycles. The van der Waals surface area contributed by atoms with Crippen molar-refractivity contribution in [2.45, 2.75) is 33.0 Å². The molecule has 146 valence electrons. The molecule has 0 saturated heterocycles. The minimum Gasteiger partial charge on any atom is -0.489 e. The molecule has 1 aromatic heterocycles. The summed E-state index contributed by atoms with van der Waals surface area (Å²) in [4.78, 5) is 23.6. The van der Waals surface area contributed by atoms with Crippen LogP contribution in [0.4, 0.5) is 0 Å². The first kappa shape index (κ1) is 19.5. The fraction of sp³-hybridized carbons (Fsp3) is 0.273. The number of amides is 1. The van der Waals surface area contributed by atoms with Gasteiger partial charge in [0.2, 0.25) is 5.91 Å². The van der Waals surface area contributed by atoms with E-state index in [0.29, 0.717) is 12.4 Å². The van der Waals surface area contributed by atoms with Crippen molar-refractivity contribution >= 4 is 22.8 Å². The number of rotatable bonds is 8. The van der Waals surface area contributed by atoms with Gasteiger partial charge >= 0.3 is 5.97 Å². The van der Waals surface area contributed by atoms with Gasteiger partial charge in [0.1, 0.15) is 24.9 Å². The third kappa shape index (κ3) is 4.71. The number of carboxylic acids is 1. The van der Waals surface area contributed by atoms with Crippen molar-refractivity contribution in [2.24, 2.45) is 5.92 Å². The minimum atomic E-state index is -1.03. The molecule has 2 N–H and O–H groups in total. The van der Waals surface area contributed by atoms with Crippen molar-refractivity contribution < 1.29 is 19.4 Å². The number of carbonyl (C=O) groups is 2. The lowest BCUT2D eigenvalue weighted by Gasteiger charge is -2.18. The summed E-state index contributed by atoms with van der Waals surface area (Å²) in [6.45, 7) is 4.03. The zero-order chi connectivity index (χ0) is 20.1. The molecule has 28 heavy (non-hydrogen) atoms. The first-order chi connectivity index (χ1) is 13.4. The fourth-order valence-corrected chi connectivity index (χ4v) is 3.02. The molecule has 0 spiro atoms. The molecule has 1 atom stereocenters. The van der Waals surface area contributed by atoms with Crippen molar-refractivity contribution in [3.8, 4) is 5.75 Å². The number of aliphatic carboxylic acids is 1. The number of carboxylic acid groups (broad SMARTS) is 1. The Morgan fingerprint density at radius 3 is 2.54 bits per heavy atom. The van der Waals surface area contributed by atoms with Gasteiger partial charge in [-0.05, 0) is 35.1 Å². The van der Waals surface area contributed by atoms with Crippen LogP contribution in [0.25, 0.3) is 10.9 Å². The van der Waals surface area contributed by atoms with Gasteiger partial charge < -0.3 is 19.7 Å². The maximum Gasteiger partial charge on any atom is 0.326 e. The highest BCUT2D eigenvalue weighted by Crippen LogP contribution is 2.23. The van der Waals surface area contributed by atoms with Crippen molar-refractivity contribution in [3.63, 3.8) is 0 Å². The van der Waals surface area contributed by atoms with Crippen LogP contribution >= 0.6 is 0 Å². The van der Waals surface area contributed by atoms with E-state index >= 15 is 0 Å². The van der Waals surface area contributed by atoms with Gasteiger partial charge in [-0.3, -0.25) is 4.79 Å². The van der Waals surface area contributed by atoms with Gasteiger partial charge in [-0.2, -0.15) is 0 Å². The molecule has 3 aromatic rings. The van der Waals surface area contributed by atoms with Gasteiger partial charge in [0.25, 0.3) is 0 Å². The van der Waals surface area contributed by atoms with Crippen LogP contribution in [0.1, 0.15) is 19.4 Å². The molecule has 1 amide bonds. The van der Waals surface area contributed by atoms with Crippen LogP contribution in [-0.4, -0.2) is 27.6 Å². The summed E-state index contributed by atoms with van der Waals surface area (Å²) in [5.41, 5.74) is 1.93. The average molecular weight is 380 g/mol. The molecule has 2 aromatic carbocycles. The van der Waals surface area contributed by atoms with Gasteiger partial charge in [-0.1, -0.05) is 44.2 Å². The van der Waals surface area contributed by atoms with Crippen LogP contribution in [0.3, 0.4) is 0 Å². The third-order valence-electron chi connectivity index (χ3n) is 4.56. The highest BCUT2D eigenvalue weighted by atomic mass is 16.5. The Kier molecular flexibility index (Phi) is 5.99. The summed E-state index contributed by atoms with van der Waals surface area (Å²) >= 11 is 0. The first-order valence-corrected chi connectivity index (χ1v) is 9.22. The van der Waals surface area contributed by atoms with E-state index in [4.69, 9.17) is 4.74 Å². The van der Waals surface area contributed by atoms with Crippen LogP contribution < -0.4 is 10.1 Å². The fourth-order valence-electron chi connectivity index (χ4n) is 3.02. The molecule has 1 unspecified atom stereocenters. The Morgan fingerprint density at radius 1 is 1.11 bits per heavy atom. The van der Waals surface area contributed by atoms with Crippen LogP contribution in [-0.2, 0) is 22.7 Å². The molecular weight excluding hydrogens is 356 g/mol. The zero-order valence-electron chi connectivity index (χ0n) is 16.0. The van der Waals surface area contributed by atoms with Crippen molar-refractivity contribution in [1.29, 1.82) is 0 Å². The summed E-state index contributed by atoms with van der Waals surface area (Å²) in [7, 11) is 0. The lowest BCUT2D eigenvalue weighted by Crippen LogP contribution is -2.45. The second kappa shape index (κ2) is 8.61. The Labute approximate surface area is 163 Å². The smallest absolute Gasteiger partial charge is 0.326 e. The molecular formula is C22H24N2O4. The number of carbonyl (C=O) groups excluding carboxylic acids is 1. The van der Waals surface area contributed by atoms with Crippen LogP contribution in [0.2, 0.25) is 0 Å². The maximum atomic E-state index is 12.3. The standard InChI is InChI=1S/C22H24N2O4/c1-15(2)21(22(26)27)23-20(25)13-24-11-10-17-8-9-18(12-19(17)24)28-14-16-6-4-3-5-7-16/h3-12,15,21H,13-14H2,1-2H3,(H,23,25)(H,26,27). The number of nitrogens with one attached hydrogen (secondary N) is 1. The van der Waals surface area contributed by atoms with E-state index < -0.39 is 12.0 Å². The van der Waals surface area contributed by atoms with Gasteiger partial charge in [-0.25, -0.2) is 4.79 Å². The molecule has 1 heterocycles. The Balaban J connectivity index is 1.71. The lowest BCUT2D eigenvalue weighted by atomic mass is 10.1. The topological polar surface area (TPSA) is 80.6 Å². The second-order valence-electron chi connectivity index (χ2n) is 7.07. The number of hydrogen-bond acceptors (Lipinski definition) is 3. The number of ether oxygens (including phenoxy) is 1. The van der Waals surface area contributed by atoms with Crippen LogP contribution in [0.15, 0.2) is 60.8 Å². The SMILES string of the molecule is CC(C)C(NC(=O)Cn1ccc2ccc(OCc3ccccc3)cc21)C(=O)O. The maximum absolute atomic E-state index is 12.3. The number of hydrogen-bond donors (Lipinski definition) is 2. The van der Waals surface area contributed by atoms with Crippen molar-refractivity contribution in [1.82, 2.24) is 9.88 Å². The van der Waals surface area contributed by atoms with E-state index in [1.54, 1.807) is 18.4 Å². The first-order valence-electron chi connectivity index (χ1n) is 9.22. The van der Waals surface area contributed by atoms with E-state index in [1.807, 2.05) is 60.8 Å². The highest BCUT2D eigenvalue weighted by molar-refractivity contribution is 5.86. The molecule has 0 bridgehead atoms. The number of aromatic nitrogens is 1. The summed E-state index contributed by atoms with van der Waals surface area (Å²) in [5.74, 6) is -0.852. The van der Waals surface area contributed by atoms with E-state index in [2.05, 4.69) is 5.32 Å². The van der Waals surface area contributed by atoms with Gasteiger partial charge in [-0.15, -0.1) is 0 Å². The van der Waals surface area contributed by atoms with Gasteiger partial charge in [0, 0.05) is 12.3 Å². The summed E-state index contributed by atoms with van der Waals surface area (Å²) in [6.07, 6.45) is 1.82. The average Bonchev–Trinajstić information content (AvgIpc) is 3.07. The molecule has 0 aliphatic heterocycles. The molecule has 0 aliphatic carbocycles. The summed E-state index contributed by atoms with van der Waals surface area (Å²) < 4.78 is 7.66. The lowest BCUT2D eigenvalue weighted by molar-refractivity contribution is -0.143. The number of benzene rings is 2. The molecule has 6 nitrogen and oxygen atoms in total. The Morgan fingerprint density at radius 2 is 1.86 bits per heavy atom. The van der Waals surface area contributed by atoms with Gasteiger partial charge in [0.15, 0.2) is 0 Å². The molecule has 3 rings (SSSR count). The van der Waals surface area contributed by atoms with Gasteiger partial charge in [0.05, 0.1) is 5.52 Å². The minimum absolute atomic E-state index is 0.0438.